The number of nitrogens with zero attached hydrogens (tertiary/aromatic N) is 1. The first kappa shape index (κ1) is 23.3. The number of carbonyl (C=O) groups is 1. The Morgan fingerprint density at radius 1 is 1.32 bits per heavy atom. The summed E-state index contributed by atoms with van der Waals surface area (Å²) in [7, 11) is 2.22. The lowest BCUT2D eigenvalue weighted by atomic mass is 10.1. The van der Waals surface area contributed by atoms with Gasteiger partial charge in [-0.2, -0.15) is 0 Å². The fourth-order valence-electron chi connectivity index (χ4n) is 1.88. The first-order valence-corrected chi connectivity index (χ1v) is 12.3. The Kier molecular flexibility index (Phi) is 10.9. The van der Waals surface area contributed by atoms with Crippen LogP contribution in [0.25, 0.3) is 0 Å². The zero-order valence-electron chi connectivity index (χ0n) is 16.8. The summed E-state index contributed by atoms with van der Waals surface area (Å²) in [5.74, 6) is -0.433. The summed E-state index contributed by atoms with van der Waals surface area (Å²) in [5, 5.41) is 3.11. The lowest BCUT2D eigenvalue weighted by Crippen LogP contribution is -2.23. The predicted molar refractivity (Wildman–Crippen MR) is 106 cm³/mol. The molecule has 6 nitrogen and oxygen atoms in total. The zero-order valence-corrected chi connectivity index (χ0v) is 17.8. The number of methoxy groups -OCH3 is 1. The predicted octanol–water partition coefficient (Wildman–Crippen LogP) is 2.99. The molecular weight excluding hydrogens is 334 g/mol. The van der Waals surface area contributed by atoms with Gasteiger partial charge in [0.15, 0.2) is 0 Å². The van der Waals surface area contributed by atoms with Gasteiger partial charge < -0.3 is 25.4 Å². The first-order chi connectivity index (χ1) is 11.6. The van der Waals surface area contributed by atoms with Gasteiger partial charge in [-0.3, -0.25) is 0 Å². The topological polar surface area (TPSA) is 76.8 Å². The lowest BCUT2D eigenvalue weighted by molar-refractivity contribution is -0.135. The maximum atomic E-state index is 11.8. The Bertz CT molecular complexity index is 504. The molecule has 0 heterocycles. The van der Waals surface area contributed by atoms with Crippen molar-refractivity contribution in [2.45, 2.75) is 46.0 Å². The minimum atomic E-state index is -1.04. The van der Waals surface area contributed by atoms with Crippen LogP contribution in [-0.4, -0.2) is 46.4 Å². The molecule has 144 valence electrons. The van der Waals surface area contributed by atoms with Gasteiger partial charge >= 0.3 is 5.97 Å². The van der Waals surface area contributed by atoms with E-state index in [1.807, 2.05) is 31.3 Å². The number of esters is 1. The fraction of sp³-hybridized carbons (Fsp3) is 0.611. The third-order valence-electron chi connectivity index (χ3n) is 3.55. The highest BCUT2D eigenvalue weighted by Crippen LogP contribution is 2.13. The molecule has 0 saturated heterocycles. The van der Waals surface area contributed by atoms with Crippen molar-refractivity contribution in [3.63, 3.8) is 0 Å². The van der Waals surface area contributed by atoms with E-state index in [1.165, 1.54) is 7.11 Å². The molecule has 0 rings (SSSR count). The van der Waals surface area contributed by atoms with E-state index in [-0.39, 0.29) is 0 Å². The highest BCUT2D eigenvalue weighted by molar-refractivity contribution is 6.76. The Morgan fingerprint density at radius 2 is 1.96 bits per heavy atom. The average Bonchev–Trinajstić information content (AvgIpc) is 2.52. The molecule has 0 aliphatic heterocycles. The number of rotatable bonds is 11. The van der Waals surface area contributed by atoms with Crippen molar-refractivity contribution < 1.29 is 14.3 Å². The molecule has 0 bridgehead atoms. The number of hydrogen-bond acceptors (Lipinski definition) is 6. The molecule has 0 spiro atoms. The van der Waals surface area contributed by atoms with Gasteiger partial charge in [-0.15, -0.1) is 0 Å². The molecule has 0 aliphatic rings. The number of carbonyl (C=O) groups excluding carboxylic acids is 1. The van der Waals surface area contributed by atoms with Crippen LogP contribution in [0, 0.1) is 0 Å². The van der Waals surface area contributed by atoms with Crippen LogP contribution in [-0.2, 0) is 14.3 Å². The highest BCUT2D eigenvalue weighted by atomic mass is 28.3. The van der Waals surface area contributed by atoms with E-state index < -0.39 is 14.0 Å². The third kappa shape index (κ3) is 10.7. The maximum Gasteiger partial charge on any atom is 0.339 e. The molecule has 25 heavy (non-hydrogen) atoms. The molecule has 0 saturated carbocycles. The molecule has 0 aliphatic carbocycles. The molecule has 0 aromatic heterocycles. The van der Waals surface area contributed by atoms with Gasteiger partial charge in [0.05, 0.1) is 12.7 Å². The van der Waals surface area contributed by atoms with E-state index in [4.69, 9.17) is 15.2 Å². The Labute approximate surface area is 153 Å². The second kappa shape index (κ2) is 11.8. The van der Waals surface area contributed by atoms with Gasteiger partial charge in [-0.1, -0.05) is 26.6 Å². The van der Waals surface area contributed by atoms with E-state index in [0.29, 0.717) is 18.0 Å². The molecule has 0 fully saturated rings. The van der Waals surface area contributed by atoms with Crippen molar-refractivity contribution in [3.8, 4) is 0 Å². The van der Waals surface area contributed by atoms with E-state index >= 15 is 0 Å². The first-order valence-electron chi connectivity index (χ1n) is 8.58. The molecule has 0 amide bonds. The van der Waals surface area contributed by atoms with Gasteiger partial charge in [-0.05, 0) is 25.5 Å². The molecular formula is C18H35N3O3Si. The van der Waals surface area contributed by atoms with Gasteiger partial charge in [0.1, 0.15) is 6.73 Å². The summed E-state index contributed by atoms with van der Waals surface area (Å²) in [6, 6.07) is 1.15. The Morgan fingerprint density at radius 3 is 2.44 bits per heavy atom. The van der Waals surface area contributed by atoms with E-state index in [2.05, 4.69) is 25.0 Å². The van der Waals surface area contributed by atoms with Crippen LogP contribution in [0.2, 0.25) is 25.7 Å². The molecule has 0 aromatic rings. The average molecular weight is 370 g/mol. The van der Waals surface area contributed by atoms with Crippen LogP contribution >= 0.6 is 0 Å². The smallest absolute Gasteiger partial charge is 0.339 e. The molecule has 0 atom stereocenters. The molecule has 0 unspecified atom stereocenters. The molecule has 3 N–H and O–H groups in total. The van der Waals surface area contributed by atoms with Crippen molar-refractivity contribution in [2.24, 2.45) is 5.73 Å². The molecule has 0 aromatic carbocycles. The summed E-state index contributed by atoms with van der Waals surface area (Å²) >= 11 is 0. The quantitative estimate of drug-likeness (QED) is 0.146. The summed E-state index contributed by atoms with van der Waals surface area (Å²) in [4.78, 5) is 13.7. The van der Waals surface area contributed by atoms with Gasteiger partial charge in [0, 0.05) is 45.5 Å². The fourth-order valence-corrected chi connectivity index (χ4v) is 2.64. The SMILES string of the molecule is CC/C(=C\C(C(=O)OC)=C(/C)N)N(C)/C=C\NCOCC[Si](C)(C)C. The normalized spacial score (nSPS) is 13.6. The minimum absolute atomic E-state index is 0.377. The minimum Gasteiger partial charge on any atom is -0.465 e. The standard InChI is InChI=1S/C18H35N3O3Si/c1-8-16(13-17(15(2)19)18(22)23-4)21(3)10-9-20-14-24-11-12-25(5,6)7/h9-10,13,20H,8,11-12,14,19H2,1-7H3/b10-9-,16-13+,17-15-. The third-order valence-corrected chi connectivity index (χ3v) is 5.26. The van der Waals surface area contributed by atoms with Crippen molar-refractivity contribution in [3.05, 3.63) is 35.4 Å². The van der Waals surface area contributed by atoms with Crippen molar-refractivity contribution in [1.29, 1.82) is 0 Å². The second-order valence-electron chi connectivity index (χ2n) is 7.07. The highest BCUT2D eigenvalue weighted by Gasteiger charge is 2.12. The van der Waals surface area contributed by atoms with Gasteiger partial charge in [-0.25, -0.2) is 4.79 Å². The molecule has 7 heteroatoms. The zero-order chi connectivity index (χ0) is 19.5. The van der Waals surface area contributed by atoms with E-state index in [1.54, 1.807) is 13.0 Å². The van der Waals surface area contributed by atoms with Gasteiger partial charge in [0.25, 0.3) is 0 Å². The number of nitrogens with one attached hydrogen (secondary N) is 1. The largest absolute Gasteiger partial charge is 0.465 e. The number of allylic oxidation sites excluding steroid dienone is 2. The van der Waals surface area contributed by atoms with E-state index in [9.17, 15) is 4.79 Å². The van der Waals surface area contributed by atoms with Gasteiger partial charge in [0.2, 0.25) is 0 Å². The summed E-state index contributed by atoms with van der Waals surface area (Å²) in [5.41, 5.74) is 7.55. The summed E-state index contributed by atoms with van der Waals surface area (Å²) in [6.45, 7) is 12.0. The number of nitrogens with two attached hydrogens (primary N) is 1. The molecule has 0 radical (unpaired) electrons. The van der Waals surface area contributed by atoms with Crippen molar-refractivity contribution in [2.75, 3.05) is 27.5 Å². The van der Waals surface area contributed by atoms with Crippen molar-refractivity contribution in [1.82, 2.24) is 10.2 Å². The van der Waals surface area contributed by atoms with Crippen LogP contribution < -0.4 is 11.1 Å². The van der Waals surface area contributed by atoms with Crippen LogP contribution in [0.1, 0.15) is 20.3 Å². The summed E-state index contributed by atoms with van der Waals surface area (Å²) in [6.07, 6.45) is 6.23. The summed E-state index contributed by atoms with van der Waals surface area (Å²) < 4.78 is 10.3. The lowest BCUT2D eigenvalue weighted by Gasteiger charge is -2.18. The Hall–Kier alpha value is -1.73. The number of hydrogen-bond donors (Lipinski definition) is 2. The monoisotopic (exact) mass is 369 g/mol. The second-order valence-corrected chi connectivity index (χ2v) is 12.7. The number of ether oxygens (including phenoxy) is 2. The maximum absolute atomic E-state index is 11.8. The van der Waals surface area contributed by atoms with Crippen LogP contribution in [0.4, 0.5) is 0 Å². The Balaban J connectivity index is 4.59. The van der Waals surface area contributed by atoms with Crippen LogP contribution in [0.3, 0.4) is 0 Å². The van der Waals surface area contributed by atoms with Crippen molar-refractivity contribution >= 4 is 14.0 Å². The van der Waals surface area contributed by atoms with E-state index in [0.717, 1.165) is 24.8 Å². The van der Waals surface area contributed by atoms with Crippen LogP contribution in [0.15, 0.2) is 35.4 Å². The van der Waals surface area contributed by atoms with Crippen LogP contribution in [0.5, 0.6) is 0 Å².